The van der Waals surface area contributed by atoms with Gasteiger partial charge in [0.25, 0.3) is 0 Å². The lowest BCUT2D eigenvalue weighted by molar-refractivity contribution is 0.0697. The summed E-state index contributed by atoms with van der Waals surface area (Å²) in [4.78, 5) is 11.6. The molecule has 3 N–H and O–H groups in total. The van der Waals surface area contributed by atoms with Crippen molar-refractivity contribution in [3.63, 3.8) is 0 Å². The minimum atomic E-state index is -3.86. The fourth-order valence-electron chi connectivity index (χ4n) is 2.87. The van der Waals surface area contributed by atoms with Crippen molar-refractivity contribution in [3.05, 3.63) is 59.7 Å². The number of rotatable bonds is 9. The lowest BCUT2D eigenvalue weighted by Gasteiger charge is -2.18. The highest BCUT2D eigenvalue weighted by Gasteiger charge is 2.22. The molecule has 0 fully saturated rings. The normalized spacial score (nSPS) is 13.7. The molecule has 0 heterocycles. The van der Waals surface area contributed by atoms with Crippen LogP contribution in [0.15, 0.2) is 53.4 Å². The van der Waals surface area contributed by atoms with Crippen LogP contribution in [0.1, 0.15) is 55.6 Å². The van der Waals surface area contributed by atoms with Gasteiger partial charge < -0.3 is 10.4 Å². The van der Waals surface area contributed by atoms with Crippen LogP contribution in [-0.2, 0) is 10.0 Å². The molecule has 0 saturated carbocycles. The number of carboxylic acids is 1. The molecule has 146 valence electrons. The Morgan fingerprint density at radius 3 is 2.37 bits per heavy atom. The van der Waals surface area contributed by atoms with Gasteiger partial charge in [-0.05, 0) is 44.0 Å². The summed E-state index contributed by atoms with van der Waals surface area (Å²) >= 11 is 0. The smallest absolute Gasteiger partial charge is 0.337 e. The minimum absolute atomic E-state index is 0.0619. The molecular weight excluding hydrogens is 364 g/mol. The second-order valence-electron chi connectivity index (χ2n) is 6.60. The topological polar surface area (TPSA) is 95.5 Å². The van der Waals surface area contributed by atoms with E-state index >= 15 is 0 Å². The lowest BCUT2D eigenvalue weighted by atomic mass is 10.1. The summed E-state index contributed by atoms with van der Waals surface area (Å²) in [5.41, 5.74) is 1.18. The molecule has 0 aliphatic heterocycles. The molecule has 0 saturated heterocycles. The average Bonchev–Trinajstić information content (AvgIpc) is 2.62. The molecule has 0 aliphatic carbocycles. The number of benzene rings is 2. The van der Waals surface area contributed by atoms with Crippen LogP contribution in [0.4, 0.5) is 5.69 Å². The number of hydrogen-bond donors (Lipinski definition) is 3. The molecule has 27 heavy (non-hydrogen) atoms. The molecule has 0 aliphatic rings. The van der Waals surface area contributed by atoms with Gasteiger partial charge in [-0.1, -0.05) is 43.7 Å². The Balaban J connectivity index is 2.29. The van der Waals surface area contributed by atoms with Crippen LogP contribution in [0.2, 0.25) is 0 Å². The van der Waals surface area contributed by atoms with Crippen molar-refractivity contribution in [2.75, 3.05) is 5.32 Å². The Bertz CT molecular complexity index is 882. The highest BCUT2D eigenvalue weighted by molar-refractivity contribution is 7.89. The van der Waals surface area contributed by atoms with Gasteiger partial charge in [-0.2, -0.15) is 0 Å². The summed E-state index contributed by atoms with van der Waals surface area (Å²) < 4.78 is 28.0. The molecule has 2 rings (SSSR count). The number of hydrogen-bond acceptors (Lipinski definition) is 4. The zero-order valence-corrected chi connectivity index (χ0v) is 16.6. The first-order chi connectivity index (χ1) is 12.7. The van der Waals surface area contributed by atoms with Crippen LogP contribution in [0, 0.1) is 0 Å². The third-order valence-electron chi connectivity index (χ3n) is 4.29. The maximum atomic E-state index is 12.7. The summed E-state index contributed by atoms with van der Waals surface area (Å²) in [6.45, 7) is 5.75. The Labute approximate surface area is 160 Å². The molecule has 0 aromatic heterocycles. The molecule has 0 bridgehead atoms. The summed E-state index contributed by atoms with van der Waals surface area (Å²) in [5.74, 6) is -1.17. The van der Waals surface area contributed by atoms with E-state index in [0.29, 0.717) is 5.69 Å². The number of anilines is 1. The standard InChI is InChI=1S/C20H26N2O4S/c1-4-8-14(2)21-19-12-11-17(13-18(19)20(23)24)27(25,26)22-15(3)16-9-6-5-7-10-16/h5-7,9-15,21-22H,4,8H2,1-3H3,(H,23,24)/t14-,15+/m0/s1. The lowest BCUT2D eigenvalue weighted by Crippen LogP contribution is -2.27. The number of nitrogens with one attached hydrogen (secondary N) is 2. The van der Waals surface area contributed by atoms with E-state index in [1.165, 1.54) is 18.2 Å². The maximum absolute atomic E-state index is 12.7. The van der Waals surface area contributed by atoms with E-state index < -0.39 is 22.0 Å². The monoisotopic (exact) mass is 390 g/mol. The zero-order chi connectivity index (χ0) is 20.0. The molecule has 0 spiro atoms. The average molecular weight is 391 g/mol. The molecule has 2 atom stereocenters. The predicted octanol–water partition coefficient (Wildman–Crippen LogP) is 4.02. The van der Waals surface area contributed by atoms with Crippen molar-refractivity contribution in [1.29, 1.82) is 0 Å². The first kappa shape index (κ1) is 20.9. The van der Waals surface area contributed by atoms with Crippen LogP contribution in [0.25, 0.3) is 0 Å². The number of aromatic carboxylic acids is 1. The fraction of sp³-hybridized carbons (Fsp3) is 0.350. The number of sulfonamides is 1. The largest absolute Gasteiger partial charge is 0.478 e. The van der Waals surface area contributed by atoms with Gasteiger partial charge in [0.05, 0.1) is 10.5 Å². The summed E-state index contributed by atoms with van der Waals surface area (Å²) in [7, 11) is -3.86. The van der Waals surface area contributed by atoms with E-state index in [0.717, 1.165) is 18.4 Å². The van der Waals surface area contributed by atoms with Gasteiger partial charge >= 0.3 is 5.97 Å². The molecule has 0 amide bonds. The van der Waals surface area contributed by atoms with Crippen molar-refractivity contribution in [1.82, 2.24) is 4.72 Å². The van der Waals surface area contributed by atoms with Gasteiger partial charge in [0.2, 0.25) is 10.0 Å². The van der Waals surface area contributed by atoms with Crippen molar-refractivity contribution < 1.29 is 18.3 Å². The van der Waals surface area contributed by atoms with Crippen LogP contribution in [-0.4, -0.2) is 25.5 Å². The van der Waals surface area contributed by atoms with Crippen LogP contribution in [0.3, 0.4) is 0 Å². The molecule has 0 unspecified atom stereocenters. The quantitative estimate of drug-likeness (QED) is 0.601. The molecule has 2 aromatic carbocycles. The third kappa shape index (κ3) is 5.55. The summed E-state index contributed by atoms with van der Waals surface area (Å²) in [6.07, 6.45) is 1.85. The Morgan fingerprint density at radius 1 is 1.11 bits per heavy atom. The first-order valence-corrected chi connectivity index (χ1v) is 10.4. The van der Waals surface area contributed by atoms with E-state index in [2.05, 4.69) is 10.0 Å². The predicted molar refractivity (Wildman–Crippen MR) is 107 cm³/mol. The van der Waals surface area contributed by atoms with Crippen molar-refractivity contribution in [2.45, 2.75) is 50.6 Å². The minimum Gasteiger partial charge on any atom is -0.478 e. The van der Waals surface area contributed by atoms with E-state index in [9.17, 15) is 18.3 Å². The molecular formula is C20H26N2O4S. The second-order valence-corrected chi connectivity index (χ2v) is 8.31. The second kappa shape index (κ2) is 9.01. The van der Waals surface area contributed by atoms with E-state index in [1.54, 1.807) is 6.92 Å². The Morgan fingerprint density at radius 2 is 1.78 bits per heavy atom. The summed E-state index contributed by atoms with van der Waals surface area (Å²) in [6, 6.07) is 13.0. The number of carbonyl (C=O) groups is 1. The van der Waals surface area contributed by atoms with E-state index in [1.807, 2.05) is 44.2 Å². The Kier molecular flexibility index (Phi) is 6.98. The van der Waals surface area contributed by atoms with Gasteiger partial charge in [-0.25, -0.2) is 17.9 Å². The zero-order valence-electron chi connectivity index (χ0n) is 15.8. The van der Waals surface area contributed by atoms with Crippen molar-refractivity contribution >= 4 is 21.7 Å². The molecule has 0 radical (unpaired) electrons. The van der Waals surface area contributed by atoms with Gasteiger partial charge in [-0.3, -0.25) is 0 Å². The molecule has 6 nitrogen and oxygen atoms in total. The molecule has 7 heteroatoms. The highest BCUT2D eigenvalue weighted by Crippen LogP contribution is 2.23. The highest BCUT2D eigenvalue weighted by atomic mass is 32.2. The van der Waals surface area contributed by atoms with E-state index in [4.69, 9.17) is 0 Å². The fourth-order valence-corrected chi connectivity index (χ4v) is 4.13. The van der Waals surface area contributed by atoms with Crippen LogP contribution < -0.4 is 10.0 Å². The first-order valence-electron chi connectivity index (χ1n) is 8.95. The van der Waals surface area contributed by atoms with Gasteiger partial charge in [0.15, 0.2) is 0 Å². The van der Waals surface area contributed by atoms with Gasteiger partial charge in [-0.15, -0.1) is 0 Å². The third-order valence-corrected chi connectivity index (χ3v) is 5.83. The van der Waals surface area contributed by atoms with Gasteiger partial charge in [0, 0.05) is 17.8 Å². The summed E-state index contributed by atoms with van der Waals surface area (Å²) in [5, 5.41) is 12.6. The van der Waals surface area contributed by atoms with E-state index in [-0.39, 0.29) is 16.5 Å². The molecule has 2 aromatic rings. The Hall–Kier alpha value is -2.38. The van der Waals surface area contributed by atoms with Gasteiger partial charge in [0.1, 0.15) is 0 Å². The van der Waals surface area contributed by atoms with Crippen LogP contribution >= 0.6 is 0 Å². The SMILES string of the molecule is CCC[C@H](C)Nc1ccc(S(=O)(=O)N[C@H](C)c2ccccc2)cc1C(=O)O. The number of carboxylic acid groups (broad SMARTS) is 1. The van der Waals surface area contributed by atoms with Crippen LogP contribution in [0.5, 0.6) is 0 Å². The van der Waals surface area contributed by atoms with Crippen molar-refractivity contribution in [3.8, 4) is 0 Å². The van der Waals surface area contributed by atoms with Crippen molar-refractivity contribution in [2.24, 2.45) is 0 Å². The maximum Gasteiger partial charge on any atom is 0.337 e.